The maximum absolute atomic E-state index is 13.1. The summed E-state index contributed by atoms with van der Waals surface area (Å²) >= 11 is 9.73. The van der Waals surface area contributed by atoms with Crippen LogP contribution in [0.25, 0.3) is 0 Å². The van der Waals surface area contributed by atoms with Gasteiger partial charge in [-0.3, -0.25) is 9.78 Å². The summed E-state index contributed by atoms with van der Waals surface area (Å²) in [5, 5.41) is 3.89. The molecule has 1 N–H and O–H groups in total. The molecule has 5 nitrogen and oxygen atoms in total. The van der Waals surface area contributed by atoms with Gasteiger partial charge in [0.05, 0.1) is 5.02 Å². The molecule has 7 heteroatoms. The number of aromatic nitrogens is 2. The number of piperazine rings is 1. The molecule has 0 radical (unpaired) electrons. The average molecular weight is 476 g/mol. The lowest BCUT2D eigenvalue weighted by atomic mass is 10.0. The third-order valence-corrected chi connectivity index (χ3v) is 5.78. The molecule has 4 rings (SSSR count). The molecule has 0 bridgehead atoms. The topological polar surface area (TPSA) is 58.1 Å². The van der Waals surface area contributed by atoms with Gasteiger partial charge >= 0.3 is 0 Å². The number of nitrogens with zero attached hydrogens (tertiary/aromatic N) is 3. The van der Waals surface area contributed by atoms with E-state index in [1.807, 2.05) is 24.3 Å². The third kappa shape index (κ3) is 4.34. The Bertz CT molecular complexity index is 1050. The minimum Gasteiger partial charge on any atom is -0.353 e. The van der Waals surface area contributed by atoms with Crippen LogP contribution in [0.2, 0.25) is 5.02 Å². The van der Waals surface area contributed by atoms with Crippen LogP contribution in [0.15, 0.2) is 59.2 Å². The number of halogens is 2. The van der Waals surface area contributed by atoms with Crippen LogP contribution in [0.5, 0.6) is 0 Å². The first-order valence-electron chi connectivity index (χ1n) is 9.39. The SMILES string of the molecule is Cc1ncc(Br)cc1C(=O)c1nc(N2CCNC(c3ccccc3)C2)ccc1Cl.[HH].[HH]. The Morgan fingerprint density at radius 2 is 2.07 bits per heavy atom. The Morgan fingerprint density at radius 1 is 1.28 bits per heavy atom. The minimum absolute atomic E-state index is 0. The molecular formula is C22H24BrClN4O. The number of carbonyl (C=O) groups is 1. The highest BCUT2D eigenvalue weighted by molar-refractivity contribution is 9.10. The molecule has 1 fully saturated rings. The van der Waals surface area contributed by atoms with Crippen molar-refractivity contribution in [3.8, 4) is 0 Å². The zero-order valence-electron chi connectivity index (χ0n) is 15.9. The Morgan fingerprint density at radius 3 is 2.86 bits per heavy atom. The number of pyridine rings is 2. The zero-order valence-corrected chi connectivity index (χ0v) is 18.2. The van der Waals surface area contributed by atoms with E-state index in [1.165, 1.54) is 5.56 Å². The number of anilines is 1. The van der Waals surface area contributed by atoms with Crippen LogP contribution in [-0.2, 0) is 0 Å². The summed E-state index contributed by atoms with van der Waals surface area (Å²) in [4.78, 5) is 24.2. The van der Waals surface area contributed by atoms with Crippen LogP contribution in [0.1, 0.15) is 36.2 Å². The number of rotatable bonds is 4. The number of nitrogens with one attached hydrogen (secondary N) is 1. The van der Waals surface area contributed by atoms with Crippen LogP contribution in [0.4, 0.5) is 5.82 Å². The lowest BCUT2D eigenvalue weighted by Gasteiger charge is -2.35. The van der Waals surface area contributed by atoms with E-state index in [1.54, 1.807) is 25.3 Å². The molecule has 0 spiro atoms. The summed E-state index contributed by atoms with van der Waals surface area (Å²) in [5.41, 5.74) is 2.63. The van der Waals surface area contributed by atoms with Gasteiger partial charge in [-0.05, 0) is 46.6 Å². The van der Waals surface area contributed by atoms with Crippen molar-refractivity contribution in [1.82, 2.24) is 15.3 Å². The highest BCUT2D eigenvalue weighted by Crippen LogP contribution is 2.26. The van der Waals surface area contributed by atoms with E-state index in [2.05, 4.69) is 48.2 Å². The fourth-order valence-electron chi connectivity index (χ4n) is 3.50. The normalized spacial score (nSPS) is 16.7. The van der Waals surface area contributed by atoms with Crippen molar-refractivity contribution >= 4 is 39.1 Å². The summed E-state index contributed by atoms with van der Waals surface area (Å²) < 4.78 is 0.742. The maximum atomic E-state index is 13.1. The van der Waals surface area contributed by atoms with Gasteiger partial charge in [-0.25, -0.2) is 4.98 Å². The summed E-state index contributed by atoms with van der Waals surface area (Å²) in [6.07, 6.45) is 1.67. The van der Waals surface area contributed by atoms with Crippen molar-refractivity contribution in [1.29, 1.82) is 0 Å². The second kappa shape index (κ2) is 8.61. The first-order valence-corrected chi connectivity index (χ1v) is 10.6. The van der Waals surface area contributed by atoms with Crippen molar-refractivity contribution in [2.75, 3.05) is 24.5 Å². The van der Waals surface area contributed by atoms with Crippen LogP contribution in [0.3, 0.4) is 0 Å². The minimum atomic E-state index is -0.224. The van der Waals surface area contributed by atoms with E-state index in [0.29, 0.717) is 16.3 Å². The van der Waals surface area contributed by atoms with E-state index in [9.17, 15) is 4.79 Å². The van der Waals surface area contributed by atoms with Gasteiger partial charge in [0, 0.05) is 50.5 Å². The predicted octanol–water partition coefficient (Wildman–Crippen LogP) is 5.07. The number of aryl methyl sites for hydroxylation is 1. The molecule has 0 aliphatic carbocycles. The van der Waals surface area contributed by atoms with Crippen molar-refractivity contribution in [3.63, 3.8) is 0 Å². The molecule has 1 aliphatic rings. The molecule has 3 aromatic rings. The second-order valence-corrected chi connectivity index (χ2v) is 8.30. The summed E-state index contributed by atoms with van der Waals surface area (Å²) in [6.45, 7) is 4.22. The Labute approximate surface area is 186 Å². The fourth-order valence-corrected chi connectivity index (χ4v) is 4.02. The molecule has 1 unspecified atom stereocenters. The molecule has 0 saturated carbocycles. The van der Waals surface area contributed by atoms with Crippen molar-refractivity contribution in [2.24, 2.45) is 0 Å². The van der Waals surface area contributed by atoms with Crippen molar-refractivity contribution < 1.29 is 7.65 Å². The summed E-state index contributed by atoms with van der Waals surface area (Å²) in [6, 6.07) is 15.9. The number of benzene rings is 1. The van der Waals surface area contributed by atoms with E-state index >= 15 is 0 Å². The van der Waals surface area contributed by atoms with Gasteiger partial charge < -0.3 is 10.2 Å². The summed E-state index contributed by atoms with van der Waals surface area (Å²) in [7, 11) is 0. The van der Waals surface area contributed by atoms with Crippen LogP contribution >= 0.6 is 27.5 Å². The zero-order chi connectivity index (χ0) is 20.4. The maximum Gasteiger partial charge on any atom is 0.214 e. The Balaban J connectivity index is 0.00000171. The first-order chi connectivity index (χ1) is 14.0. The van der Waals surface area contributed by atoms with Gasteiger partial charge in [0.25, 0.3) is 0 Å². The second-order valence-electron chi connectivity index (χ2n) is 6.98. The standard InChI is InChI=1S/C22H20BrClN4O.2H2/c1-14-17(11-16(23)12-26-14)22(29)21-18(24)7-8-20(27-21)28-10-9-25-19(13-28)15-5-3-2-4-6-15;;/h2-8,11-12,19,25H,9-10,13H2,1H3;2*1H. The first kappa shape index (κ1) is 20.0. The lowest BCUT2D eigenvalue weighted by molar-refractivity contribution is 0.103. The Hall–Kier alpha value is -2.28. The number of hydrogen-bond donors (Lipinski definition) is 1. The van der Waals surface area contributed by atoms with Gasteiger partial charge in [0.1, 0.15) is 11.5 Å². The van der Waals surface area contributed by atoms with E-state index < -0.39 is 0 Å². The smallest absolute Gasteiger partial charge is 0.214 e. The van der Waals surface area contributed by atoms with E-state index in [0.717, 1.165) is 29.9 Å². The molecule has 1 aliphatic heterocycles. The number of hydrogen-bond acceptors (Lipinski definition) is 5. The monoisotopic (exact) mass is 474 g/mol. The summed E-state index contributed by atoms with van der Waals surface area (Å²) in [5.74, 6) is 0.527. The molecule has 1 atom stereocenters. The Kier molecular flexibility index (Phi) is 5.94. The molecular weight excluding hydrogens is 452 g/mol. The van der Waals surface area contributed by atoms with Gasteiger partial charge in [-0.1, -0.05) is 41.9 Å². The molecule has 2 aromatic heterocycles. The third-order valence-electron chi connectivity index (χ3n) is 5.05. The highest BCUT2D eigenvalue weighted by atomic mass is 79.9. The predicted molar refractivity (Wildman–Crippen MR) is 123 cm³/mol. The highest BCUT2D eigenvalue weighted by Gasteiger charge is 2.24. The van der Waals surface area contributed by atoms with Gasteiger partial charge in [0.15, 0.2) is 0 Å². The van der Waals surface area contributed by atoms with Gasteiger partial charge in [-0.2, -0.15) is 0 Å². The van der Waals surface area contributed by atoms with Crippen molar-refractivity contribution in [3.05, 3.63) is 86.7 Å². The van der Waals surface area contributed by atoms with Crippen LogP contribution < -0.4 is 10.2 Å². The molecule has 0 amide bonds. The van der Waals surface area contributed by atoms with E-state index in [4.69, 9.17) is 11.6 Å². The molecule has 3 heterocycles. The fraction of sp³-hybridized carbons (Fsp3) is 0.227. The molecule has 1 saturated heterocycles. The average Bonchev–Trinajstić information content (AvgIpc) is 2.76. The largest absolute Gasteiger partial charge is 0.353 e. The quantitative estimate of drug-likeness (QED) is 0.534. The van der Waals surface area contributed by atoms with Crippen molar-refractivity contribution in [2.45, 2.75) is 13.0 Å². The lowest BCUT2D eigenvalue weighted by Crippen LogP contribution is -2.46. The van der Waals surface area contributed by atoms with Gasteiger partial charge in [-0.15, -0.1) is 0 Å². The van der Waals surface area contributed by atoms with Crippen LogP contribution in [-0.4, -0.2) is 35.4 Å². The number of ketones is 1. The molecule has 29 heavy (non-hydrogen) atoms. The molecule has 152 valence electrons. The number of carbonyl (C=O) groups excluding carboxylic acids is 1. The van der Waals surface area contributed by atoms with E-state index in [-0.39, 0.29) is 20.4 Å². The molecule has 1 aromatic carbocycles. The van der Waals surface area contributed by atoms with Crippen LogP contribution in [0, 0.1) is 6.92 Å². The van der Waals surface area contributed by atoms with Gasteiger partial charge in [0.2, 0.25) is 5.78 Å².